The first-order chi connectivity index (χ1) is 5.25. The molecule has 0 unspecified atom stereocenters. The summed E-state index contributed by atoms with van der Waals surface area (Å²) in [5.74, 6) is 4.96. The molecule has 1 aromatic heterocycles. The maximum Gasteiger partial charge on any atom is 0.152 e. The van der Waals surface area contributed by atoms with E-state index in [1.54, 1.807) is 6.07 Å². The second-order valence-electron chi connectivity index (χ2n) is 1.92. The number of hydrogen-bond donors (Lipinski definition) is 0. The van der Waals surface area contributed by atoms with Crippen LogP contribution in [0.1, 0.15) is 10.4 Å². The third-order valence-corrected chi connectivity index (χ3v) is 2.74. The summed E-state index contributed by atoms with van der Waals surface area (Å²) in [7, 11) is 0. The molecule has 0 atom stereocenters. The van der Waals surface area contributed by atoms with Gasteiger partial charge in [-0.25, -0.2) is 0 Å². The fourth-order valence-electron chi connectivity index (χ4n) is 0.599. The van der Waals surface area contributed by atoms with Crippen molar-refractivity contribution in [2.75, 3.05) is 0 Å². The van der Waals surface area contributed by atoms with Crippen LogP contribution in [0.3, 0.4) is 0 Å². The maximum atomic E-state index is 8.16. The van der Waals surface area contributed by atoms with Gasteiger partial charge in [0.25, 0.3) is 0 Å². The van der Waals surface area contributed by atoms with Crippen molar-refractivity contribution in [3.05, 3.63) is 20.8 Å². The average Bonchev–Trinajstić information content (AvgIpc) is 2.31. The first-order valence-corrected chi connectivity index (χ1v) is 4.15. The van der Waals surface area contributed by atoms with Crippen LogP contribution >= 0.6 is 22.9 Å². The average molecular weight is 182 g/mol. The Balaban J connectivity index is 3.08. The minimum atomic E-state index is 0.665. The molecule has 0 aliphatic rings. The topological polar surface area (TPSA) is 23.8 Å². The molecule has 0 saturated carbocycles. The van der Waals surface area contributed by atoms with Crippen molar-refractivity contribution in [1.29, 1.82) is 5.26 Å². The summed E-state index contributed by atoms with van der Waals surface area (Å²) in [6.07, 6.45) is 0. The molecule has 1 aromatic rings. The molecule has 0 aliphatic heterocycles. The molecule has 54 valence electrons. The smallest absolute Gasteiger partial charge is 0.152 e. The van der Waals surface area contributed by atoms with Gasteiger partial charge in [0.2, 0.25) is 0 Å². The molecule has 0 fully saturated rings. The predicted molar refractivity (Wildman–Crippen MR) is 46.6 cm³/mol. The van der Waals surface area contributed by atoms with Crippen LogP contribution in [-0.4, -0.2) is 0 Å². The fraction of sp³-hybridized carbons (Fsp3) is 0.125. The number of nitriles is 1. The molecule has 3 heteroatoms. The lowest BCUT2D eigenvalue weighted by Crippen LogP contribution is -1.66. The van der Waals surface area contributed by atoms with Crippen LogP contribution < -0.4 is 0 Å². The Hall–Kier alpha value is -0.960. The highest BCUT2D eigenvalue weighted by Gasteiger charge is 2.01. The lowest BCUT2D eigenvalue weighted by Gasteiger charge is -1.83. The first kappa shape index (κ1) is 8.14. The van der Waals surface area contributed by atoms with E-state index < -0.39 is 0 Å². The van der Waals surface area contributed by atoms with Crippen molar-refractivity contribution in [2.24, 2.45) is 0 Å². The van der Waals surface area contributed by atoms with E-state index in [-0.39, 0.29) is 0 Å². The van der Waals surface area contributed by atoms with Crippen molar-refractivity contribution >= 4 is 22.9 Å². The molecule has 0 spiro atoms. The Labute approximate surface area is 74.2 Å². The lowest BCUT2D eigenvalue weighted by molar-refractivity contribution is 1.54. The third-order valence-electron chi connectivity index (χ3n) is 1.13. The minimum absolute atomic E-state index is 0.665. The molecule has 1 nitrogen and oxygen atoms in total. The molecular formula is C8H4ClNS. The normalized spacial score (nSPS) is 8.09. The van der Waals surface area contributed by atoms with Gasteiger partial charge in [0, 0.05) is 5.92 Å². The van der Waals surface area contributed by atoms with Crippen LogP contribution in [0, 0.1) is 30.1 Å². The van der Waals surface area contributed by atoms with E-state index in [1.165, 1.54) is 11.3 Å². The largest absolute Gasteiger partial charge is 0.183 e. The maximum absolute atomic E-state index is 8.16. The zero-order valence-electron chi connectivity index (χ0n) is 5.81. The quantitative estimate of drug-likeness (QED) is 0.565. The van der Waals surface area contributed by atoms with Gasteiger partial charge in [0.15, 0.2) is 6.07 Å². The van der Waals surface area contributed by atoms with E-state index in [4.69, 9.17) is 16.9 Å². The zero-order chi connectivity index (χ0) is 8.27. The molecule has 11 heavy (non-hydrogen) atoms. The van der Waals surface area contributed by atoms with Crippen molar-refractivity contribution in [3.8, 4) is 17.9 Å². The molecule has 0 saturated heterocycles. The molecule has 1 heterocycles. The molecule has 1 rings (SSSR count). The van der Waals surface area contributed by atoms with Gasteiger partial charge in [-0.1, -0.05) is 11.6 Å². The highest BCUT2D eigenvalue weighted by molar-refractivity contribution is 7.11. The van der Waals surface area contributed by atoms with Crippen LogP contribution in [0.4, 0.5) is 0 Å². The molecule has 0 bridgehead atoms. The molecule has 0 amide bonds. The Morgan fingerprint density at radius 2 is 2.36 bits per heavy atom. The highest BCUT2D eigenvalue weighted by atomic mass is 35.5. The van der Waals surface area contributed by atoms with Crippen molar-refractivity contribution in [1.82, 2.24) is 0 Å². The van der Waals surface area contributed by atoms with Crippen LogP contribution in [0.25, 0.3) is 0 Å². The van der Waals surface area contributed by atoms with E-state index in [1.807, 2.05) is 12.3 Å². The number of nitrogens with zero attached hydrogens (tertiary/aromatic N) is 1. The van der Waals surface area contributed by atoms with Crippen LogP contribution in [0.2, 0.25) is 5.02 Å². The third kappa shape index (κ3) is 1.74. The molecule has 0 radical (unpaired) electrons. The Kier molecular flexibility index (Phi) is 2.54. The van der Waals surface area contributed by atoms with Crippen molar-refractivity contribution in [3.63, 3.8) is 0 Å². The van der Waals surface area contributed by atoms with Crippen LogP contribution in [0.5, 0.6) is 0 Å². The summed E-state index contributed by atoms with van der Waals surface area (Å²) >= 11 is 7.30. The second kappa shape index (κ2) is 3.44. The second-order valence-corrected chi connectivity index (χ2v) is 3.18. The number of aryl methyl sites for hydroxylation is 1. The number of hydrogen-bond acceptors (Lipinski definition) is 2. The summed E-state index contributed by atoms with van der Waals surface area (Å²) in [6, 6.07) is 1.74. The van der Waals surface area contributed by atoms with Crippen LogP contribution in [0.15, 0.2) is 5.38 Å². The lowest BCUT2D eigenvalue weighted by atomic mass is 10.3. The van der Waals surface area contributed by atoms with E-state index in [0.717, 1.165) is 10.4 Å². The standard InChI is InChI=1S/C8H4ClNS/c1-6-5-11-7(8(6)9)3-2-4-10/h5H,1H3. The van der Waals surface area contributed by atoms with Crippen molar-refractivity contribution in [2.45, 2.75) is 6.92 Å². The van der Waals surface area contributed by atoms with Gasteiger partial charge < -0.3 is 0 Å². The molecule has 0 N–H and O–H groups in total. The summed E-state index contributed by atoms with van der Waals surface area (Å²) < 4.78 is 0. The van der Waals surface area contributed by atoms with E-state index in [0.29, 0.717) is 5.02 Å². The van der Waals surface area contributed by atoms with Gasteiger partial charge >= 0.3 is 0 Å². The van der Waals surface area contributed by atoms with Gasteiger partial charge in [-0.05, 0) is 23.8 Å². The Bertz CT molecular complexity index is 362. The summed E-state index contributed by atoms with van der Waals surface area (Å²) in [4.78, 5) is 0.769. The number of thiophene rings is 1. The molecule has 0 aliphatic carbocycles. The first-order valence-electron chi connectivity index (χ1n) is 2.89. The minimum Gasteiger partial charge on any atom is -0.183 e. The SMILES string of the molecule is Cc1csc(C#CC#N)c1Cl. The fourth-order valence-corrected chi connectivity index (χ4v) is 1.69. The monoisotopic (exact) mass is 181 g/mol. The zero-order valence-corrected chi connectivity index (χ0v) is 7.38. The van der Waals surface area contributed by atoms with Crippen molar-refractivity contribution < 1.29 is 0 Å². The van der Waals surface area contributed by atoms with Gasteiger partial charge in [0.1, 0.15) is 0 Å². The van der Waals surface area contributed by atoms with Crippen LogP contribution in [-0.2, 0) is 0 Å². The van der Waals surface area contributed by atoms with E-state index in [2.05, 4.69) is 11.8 Å². The highest BCUT2D eigenvalue weighted by Crippen LogP contribution is 2.25. The Morgan fingerprint density at radius 3 is 2.82 bits per heavy atom. The summed E-state index contributed by atoms with van der Waals surface area (Å²) in [5.41, 5.74) is 1.01. The number of halogens is 1. The van der Waals surface area contributed by atoms with Gasteiger partial charge in [-0.3, -0.25) is 0 Å². The Morgan fingerprint density at radius 1 is 1.64 bits per heavy atom. The molecule has 0 aromatic carbocycles. The summed E-state index contributed by atoms with van der Waals surface area (Å²) in [5, 5.41) is 10.7. The number of rotatable bonds is 0. The molecular weight excluding hydrogens is 178 g/mol. The van der Waals surface area contributed by atoms with Gasteiger partial charge in [-0.15, -0.1) is 11.3 Å². The van der Waals surface area contributed by atoms with Gasteiger partial charge in [-0.2, -0.15) is 5.26 Å². The summed E-state index contributed by atoms with van der Waals surface area (Å²) in [6.45, 7) is 1.91. The predicted octanol–water partition coefficient (Wildman–Crippen LogP) is 2.59. The van der Waals surface area contributed by atoms with Gasteiger partial charge in [0.05, 0.1) is 9.90 Å². The van der Waals surface area contributed by atoms with E-state index in [9.17, 15) is 0 Å². The van der Waals surface area contributed by atoms with E-state index >= 15 is 0 Å².